The van der Waals surface area contributed by atoms with Gasteiger partial charge in [-0.25, -0.2) is 8.42 Å². The minimum Gasteiger partial charge on any atom is -0.403 e. The van der Waals surface area contributed by atoms with Gasteiger partial charge >= 0.3 is 6.01 Å². The molecule has 0 aliphatic carbocycles. The highest BCUT2D eigenvalue weighted by Crippen LogP contribution is 2.29. The summed E-state index contributed by atoms with van der Waals surface area (Å²) in [4.78, 5) is 23.3. The van der Waals surface area contributed by atoms with Gasteiger partial charge < -0.3 is 4.42 Å². The molecule has 30 heavy (non-hydrogen) atoms. The fourth-order valence-electron chi connectivity index (χ4n) is 2.65. The number of fused-ring (bicyclic) bond motifs is 1. The molecule has 0 spiro atoms. The number of thiophene rings is 1. The Balaban J connectivity index is 1.53. The van der Waals surface area contributed by atoms with Crippen LogP contribution in [0.5, 0.6) is 0 Å². The third kappa shape index (κ3) is 3.90. The van der Waals surface area contributed by atoms with Crippen LogP contribution >= 0.6 is 11.3 Å². The molecule has 0 fully saturated rings. The molecule has 2 aromatic heterocycles. The Hall–Kier alpha value is -3.64. The molecular weight excluding hydrogens is 432 g/mol. The molecular formula is C18H12N4O6S2. The fourth-order valence-corrected chi connectivity index (χ4v) is 4.22. The third-order valence-electron chi connectivity index (χ3n) is 4.11. The van der Waals surface area contributed by atoms with E-state index in [1.165, 1.54) is 47.7 Å². The SMILES string of the molecule is CS(=O)(=O)c1ccc(-c2nnc(NC(=O)c3cc4cc([N+](=O)[O-])ccc4s3)o2)cc1. The van der Waals surface area contributed by atoms with Crippen molar-refractivity contribution in [3.8, 4) is 11.5 Å². The first kappa shape index (κ1) is 19.7. The second kappa shape index (κ2) is 7.31. The van der Waals surface area contributed by atoms with Crippen molar-refractivity contribution in [1.29, 1.82) is 0 Å². The summed E-state index contributed by atoms with van der Waals surface area (Å²) in [5.74, 6) is -0.390. The zero-order valence-electron chi connectivity index (χ0n) is 15.2. The van der Waals surface area contributed by atoms with Crippen molar-refractivity contribution in [2.45, 2.75) is 4.90 Å². The summed E-state index contributed by atoms with van der Waals surface area (Å²) in [7, 11) is -3.32. The van der Waals surface area contributed by atoms with E-state index in [9.17, 15) is 23.3 Å². The molecule has 0 unspecified atom stereocenters. The highest BCUT2D eigenvalue weighted by Gasteiger charge is 2.17. The van der Waals surface area contributed by atoms with Gasteiger partial charge in [-0.2, -0.15) is 0 Å². The highest BCUT2D eigenvalue weighted by molar-refractivity contribution is 7.90. The number of nitrogens with one attached hydrogen (secondary N) is 1. The summed E-state index contributed by atoms with van der Waals surface area (Å²) in [6, 6.07) is 11.7. The maximum absolute atomic E-state index is 12.5. The predicted octanol–water partition coefficient (Wildman–Crippen LogP) is 3.52. The van der Waals surface area contributed by atoms with Gasteiger partial charge in [-0.1, -0.05) is 5.10 Å². The summed E-state index contributed by atoms with van der Waals surface area (Å²) in [6.45, 7) is 0. The van der Waals surface area contributed by atoms with Crippen LogP contribution in [0.25, 0.3) is 21.5 Å². The Kier molecular flexibility index (Phi) is 4.79. The van der Waals surface area contributed by atoms with Crippen molar-refractivity contribution in [2.75, 3.05) is 11.6 Å². The average molecular weight is 444 g/mol. The molecule has 12 heteroatoms. The van der Waals surface area contributed by atoms with Gasteiger partial charge in [0.1, 0.15) is 0 Å². The Bertz CT molecular complexity index is 1390. The van der Waals surface area contributed by atoms with Crippen molar-refractivity contribution < 1.29 is 22.6 Å². The molecule has 10 nitrogen and oxygen atoms in total. The number of nitro benzene ring substituents is 1. The van der Waals surface area contributed by atoms with E-state index >= 15 is 0 Å². The van der Waals surface area contributed by atoms with Gasteiger partial charge in [-0.3, -0.25) is 20.2 Å². The number of rotatable bonds is 5. The van der Waals surface area contributed by atoms with Crippen LogP contribution in [0.4, 0.5) is 11.7 Å². The molecule has 0 saturated heterocycles. The third-order valence-corrected chi connectivity index (χ3v) is 6.35. The molecule has 0 saturated carbocycles. The number of amides is 1. The van der Waals surface area contributed by atoms with E-state index in [1.54, 1.807) is 12.1 Å². The second-order valence-electron chi connectivity index (χ2n) is 6.25. The van der Waals surface area contributed by atoms with Crippen LogP contribution in [0, 0.1) is 10.1 Å². The van der Waals surface area contributed by atoms with Crippen LogP contribution < -0.4 is 5.32 Å². The quantitative estimate of drug-likeness (QED) is 0.363. The lowest BCUT2D eigenvalue weighted by Crippen LogP contribution is -2.10. The summed E-state index contributed by atoms with van der Waals surface area (Å²) >= 11 is 1.17. The molecule has 4 aromatic rings. The van der Waals surface area contributed by atoms with Gasteiger partial charge in [0.05, 0.1) is 14.7 Å². The molecule has 0 bridgehead atoms. The van der Waals surface area contributed by atoms with Crippen molar-refractivity contribution in [2.24, 2.45) is 0 Å². The molecule has 1 N–H and O–H groups in total. The number of carbonyl (C=O) groups is 1. The largest absolute Gasteiger partial charge is 0.403 e. The summed E-state index contributed by atoms with van der Waals surface area (Å²) in [5.41, 5.74) is 0.431. The van der Waals surface area contributed by atoms with Crippen LogP contribution in [0.3, 0.4) is 0 Å². The number of hydrogen-bond donors (Lipinski definition) is 1. The lowest BCUT2D eigenvalue weighted by molar-refractivity contribution is -0.384. The van der Waals surface area contributed by atoms with Gasteiger partial charge in [0.2, 0.25) is 5.89 Å². The maximum atomic E-state index is 12.5. The number of nitro groups is 1. The normalized spacial score (nSPS) is 11.5. The van der Waals surface area contributed by atoms with Gasteiger partial charge in [0, 0.05) is 34.0 Å². The molecule has 0 radical (unpaired) electrons. The minimum atomic E-state index is -3.32. The monoisotopic (exact) mass is 444 g/mol. The number of benzene rings is 2. The van der Waals surface area contributed by atoms with E-state index in [1.807, 2.05) is 0 Å². The van der Waals surface area contributed by atoms with E-state index in [-0.39, 0.29) is 22.5 Å². The Morgan fingerprint density at radius 1 is 1.13 bits per heavy atom. The van der Waals surface area contributed by atoms with Crippen LogP contribution in [0.15, 0.2) is 57.8 Å². The van der Waals surface area contributed by atoms with Crippen molar-refractivity contribution in [3.63, 3.8) is 0 Å². The van der Waals surface area contributed by atoms with Crippen LogP contribution in [-0.2, 0) is 9.84 Å². The summed E-state index contributed by atoms with van der Waals surface area (Å²) in [5, 5.41) is 21.6. The van der Waals surface area contributed by atoms with E-state index < -0.39 is 20.7 Å². The fraction of sp³-hybridized carbons (Fsp3) is 0.0556. The number of nitrogens with zero attached hydrogens (tertiary/aromatic N) is 3. The number of anilines is 1. The zero-order chi connectivity index (χ0) is 21.5. The lowest BCUT2D eigenvalue weighted by Gasteiger charge is -1.99. The molecule has 4 rings (SSSR count). The van der Waals surface area contributed by atoms with Crippen LogP contribution in [0.1, 0.15) is 9.67 Å². The van der Waals surface area contributed by atoms with Crippen molar-refractivity contribution in [3.05, 3.63) is 63.5 Å². The number of carbonyl (C=O) groups excluding carboxylic acids is 1. The van der Waals surface area contributed by atoms with Gasteiger partial charge in [0.15, 0.2) is 9.84 Å². The van der Waals surface area contributed by atoms with Crippen LogP contribution in [0.2, 0.25) is 0 Å². The molecule has 0 atom stereocenters. The minimum absolute atomic E-state index is 0.0595. The first-order chi connectivity index (χ1) is 14.2. The predicted molar refractivity (Wildman–Crippen MR) is 109 cm³/mol. The topological polar surface area (TPSA) is 145 Å². The zero-order valence-corrected chi connectivity index (χ0v) is 16.9. The number of non-ortho nitro benzene ring substituents is 1. The van der Waals surface area contributed by atoms with Crippen molar-refractivity contribution in [1.82, 2.24) is 10.2 Å². The van der Waals surface area contributed by atoms with E-state index in [2.05, 4.69) is 15.5 Å². The highest BCUT2D eigenvalue weighted by atomic mass is 32.2. The number of aromatic nitrogens is 2. The first-order valence-electron chi connectivity index (χ1n) is 8.34. The van der Waals surface area contributed by atoms with Gasteiger partial charge in [-0.05, 0) is 36.4 Å². The molecule has 0 aliphatic heterocycles. The second-order valence-corrected chi connectivity index (χ2v) is 9.35. The maximum Gasteiger partial charge on any atom is 0.322 e. The summed E-state index contributed by atoms with van der Waals surface area (Å²) < 4.78 is 29.2. The van der Waals surface area contributed by atoms with E-state index in [0.717, 1.165) is 11.0 Å². The number of hydrogen-bond acceptors (Lipinski definition) is 9. The molecule has 0 aliphatic rings. The molecule has 2 aromatic carbocycles. The van der Waals surface area contributed by atoms with E-state index in [4.69, 9.17) is 4.42 Å². The Morgan fingerprint density at radius 3 is 2.53 bits per heavy atom. The van der Waals surface area contributed by atoms with Crippen LogP contribution in [-0.4, -0.2) is 35.7 Å². The smallest absolute Gasteiger partial charge is 0.322 e. The van der Waals surface area contributed by atoms with Gasteiger partial charge in [0.25, 0.3) is 11.6 Å². The van der Waals surface area contributed by atoms with E-state index in [0.29, 0.717) is 15.8 Å². The molecule has 2 heterocycles. The standard InChI is InChI=1S/C18H12N4O6S2/c1-30(26,27)13-5-2-10(3-6-13)17-20-21-18(28-17)19-16(23)15-9-11-8-12(22(24)25)4-7-14(11)29-15/h2-9H,1H3,(H,19,21,23). The summed E-state index contributed by atoms with van der Waals surface area (Å²) in [6.07, 6.45) is 1.11. The lowest BCUT2D eigenvalue weighted by atomic mass is 10.2. The van der Waals surface area contributed by atoms with Crippen molar-refractivity contribution >= 4 is 48.9 Å². The Labute approximate surface area is 173 Å². The first-order valence-corrected chi connectivity index (χ1v) is 11.0. The molecule has 1 amide bonds. The molecule has 152 valence electrons. The Morgan fingerprint density at radius 2 is 1.87 bits per heavy atom. The average Bonchev–Trinajstić information content (AvgIpc) is 3.33. The number of sulfone groups is 1. The van der Waals surface area contributed by atoms with Gasteiger partial charge in [-0.15, -0.1) is 16.4 Å².